The van der Waals surface area contributed by atoms with Crippen LogP contribution < -0.4 is 0 Å². The van der Waals surface area contributed by atoms with Crippen LogP contribution in [0, 0.1) is 0 Å². The molecule has 0 amide bonds. The molecule has 1 unspecified atom stereocenters. The highest BCUT2D eigenvalue weighted by molar-refractivity contribution is 6.60. The molecule has 0 saturated heterocycles. The Morgan fingerprint density at radius 3 is 1.80 bits per heavy atom. The van der Waals surface area contributed by atoms with Gasteiger partial charge in [0.25, 0.3) is 0 Å². The second kappa shape index (κ2) is 12.8. The van der Waals surface area contributed by atoms with Crippen LogP contribution in [0.1, 0.15) is 79.6 Å². The quantitative estimate of drug-likeness (QED) is 0.327. The van der Waals surface area contributed by atoms with E-state index in [9.17, 15) is 0 Å². The van der Waals surface area contributed by atoms with Crippen LogP contribution in [0.15, 0.2) is 0 Å². The van der Waals surface area contributed by atoms with Crippen molar-refractivity contribution in [2.45, 2.75) is 91.7 Å². The van der Waals surface area contributed by atoms with E-state index in [1.807, 2.05) is 0 Å². The first-order valence-corrected chi connectivity index (χ1v) is 10.6. The Balaban J connectivity index is 4.53. The third-order valence-electron chi connectivity index (χ3n) is 3.42. The van der Waals surface area contributed by atoms with E-state index < -0.39 is 8.80 Å². The van der Waals surface area contributed by atoms with Gasteiger partial charge in [-0.05, 0) is 25.7 Å². The van der Waals surface area contributed by atoms with Crippen LogP contribution in [0.4, 0.5) is 0 Å². The molecule has 0 bridgehead atoms. The lowest BCUT2D eigenvalue weighted by Crippen LogP contribution is -2.48. The zero-order valence-electron chi connectivity index (χ0n) is 14.4. The van der Waals surface area contributed by atoms with Crippen LogP contribution in [0.3, 0.4) is 0 Å². The molecule has 0 saturated carbocycles. The van der Waals surface area contributed by atoms with Gasteiger partial charge in [0.15, 0.2) is 0 Å². The van der Waals surface area contributed by atoms with Gasteiger partial charge in [-0.3, -0.25) is 0 Å². The van der Waals surface area contributed by atoms with Crippen molar-refractivity contribution in [3.05, 3.63) is 0 Å². The van der Waals surface area contributed by atoms with Gasteiger partial charge in [0, 0.05) is 25.4 Å². The predicted molar refractivity (Wildman–Crippen MR) is 88.0 cm³/mol. The molecule has 3 nitrogen and oxygen atoms in total. The summed E-state index contributed by atoms with van der Waals surface area (Å²) in [5, 5.41) is 0. The summed E-state index contributed by atoms with van der Waals surface area (Å²) in [7, 11) is -2.46. The van der Waals surface area contributed by atoms with Crippen molar-refractivity contribution in [1.29, 1.82) is 0 Å². The molecule has 122 valence electrons. The fourth-order valence-corrected chi connectivity index (χ4v) is 4.75. The van der Waals surface area contributed by atoms with Gasteiger partial charge in [-0.15, -0.1) is 0 Å². The molecule has 4 heteroatoms. The van der Waals surface area contributed by atoms with Crippen LogP contribution in [0.25, 0.3) is 0 Å². The molecular weight excluding hydrogens is 268 g/mol. The molecule has 0 radical (unpaired) electrons. The number of hydrogen-bond acceptors (Lipinski definition) is 3. The third-order valence-corrected chi connectivity index (χ3v) is 6.26. The Hall–Kier alpha value is 0.0969. The molecular formula is C16H36O3Si. The molecule has 0 aromatic heterocycles. The Morgan fingerprint density at radius 2 is 1.40 bits per heavy atom. The summed E-state index contributed by atoms with van der Waals surface area (Å²) in [5.74, 6) is 0. The van der Waals surface area contributed by atoms with E-state index >= 15 is 0 Å². The summed E-state index contributed by atoms with van der Waals surface area (Å²) in [6, 6.07) is 0.872. The molecule has 0 aromatic rings. The van der Waals surface area contributed by atoms with E-state index in [-0.39, 0.29) is 0 Å². The van der Waals surface area contributed by atoms with Crippen molar-refractivity contribution in [3.8, 4) is 0 Å². The summed E-state index contributed by atoms with van der Waals surface area (Å²) >= 11 is 0. The smallest absolute Gasteiger partial charge is 0.373 e. The van der Waals surface area contributed by atoms with E-state index in [0.717, 1.165) is 44.9 Å². The maximum absolute atomic E-state index is 6.38. The van der Waals surface area contributed by atoms with E-state index in [1.54, 1.807) is 0 Å². The monoisotopic (exact) mass is 304 g/mol. The summed E-state index contributed by atoms with van der Waals surface area (Å²) < 4.78 is 18.5. The summed E-state index contributed by atoms with van der Waals surface area (Å²) in [4.78, 5) is 0. The lowest BCUT2D eigenvalue weighted by molar-refractivity contribution is 0.0223. The highest BCUT2D eigenvalue weighted by Gasteiger charge is 2.40. The summed E-state index contributed by atoms with van der Waals surface area (Å²) in [6.07, 6.45) is 8.28. The standard InChI is InChI=1S/C16H36O3Si/c1-6-11-12-13-16(9-4)19-20(10-5,17-14-7-2)18-15-8-3/h16H,6-15H2,1-5H3. The lowest BCUT2D eigenvalue weighted by Gasteiger charge is -2.32. The summed E-state index contributed by atoms with van der Waals surface area (Å²) in [5.41, 5.74) is 0. The second-order valence-corrected chi connectivity index (χ2v) is 8.26. The van der Waals surface area contributed by atoms with E-state index in [1.165, 1.54) is 19.3 Å². The molecule has 0 aliphatic rings. The van der Waals surface area contributed by atoms with Gasteiger partial charge in [0.05, 0.1) is 0 Å². The number of rotatable bonds is 14. The van der Waals surface area contributed by atoms with Crippen molar-refractivity contribution in [1.82, 2.24) is 0 Å². The van der Waals surface area contributed by atoms with Crippen molar-refractivity contribution in [2.75, 3.05) is 13.2 Å². The summed E-state index contributed by atoms with van der Waals surface area (Å²) in [6.45, 7) is 12.3. The van der Waals surface area contributed by atoms with E-state index in [4.69, 9.17) is 13.3 Å². The molecule has 1 atom stereocenters. The van der Waals surface area contributed by atoms with Crippen molar-refractivity contribution in [2.24, 2.45) is 0 Å². The van der Waals surface area contributed by atoms with Gasteiger partial charge in [-0.1, -0.05) is 53.9 Å². The van der Waals surface area contributed by atoms with Gasteiger partial charge in [0.2, 0.25) is 0 Å². The van der Waals surface area contributed by atoms with Gasteiger partial charge in [0.1, 0.15) is 0 Å². The lowest BCUT2D eigenvalue weighted by atomic mass is 10.1. The van der Waals surface area contributed by atoms with Crippen LogP contribution in [-0.2, 0) is 13.3 Å². The number of unbranched alkanes of at least 4 members (excludes halogenated alkanes) is 2. The minimum Gasteiger partial charge on any atom is -0.373 e. The van der Waals surface area contributed by atoms with Crippen molar-refractivity contribution in [3.63, 3.8) is 0 Å². The van der Waals surface area contributed by atoms with Gasteiger partial charge in [-0.25, -0.2) is 0 Å². The molecule has 0 fully saturated rings. The predicted octanol–water partition coefficient (Wildman–Crippen LogP) is 5.17. The minimum absolute atomic E-state index is 0.293. The van der Waals surface area contributed by atoms with Crippen molar-refractivity contribution >= 4 is 8.80 Å². The Kier molecular flexibility index (Phi) is 12.9. The largest absolute Gasteiger partial charge is 0.500 e. The average molecular weight is 305 g/mol. The molecule has 0 aromatic carbocycles. The molecule has 20 heavy (non-hydrogen) atoms. The minimum atomic E-state index is -2.46. The van der Waals surface area contributed by atoms with Crippen molar-refractivity contribution < 1.29 is 13.3 Å². The fourth-order valence-electron chi connectivity index (χ4n) is 2.13. The van der Waals surface area contributed by atoms with E-state index in [2.05, 4.69) is 34.6 Å². The molecule has 0 N–H and O–H groups in total. The Labute approximate surface area is 127 Å². The first kappa shape index (κ1) is 20.1. The van der Waals surface area contributed by atoms with E-state index in [0.29, 0.717) is 6.10 Å². The average Bonchev–Trinajstić information content (AvgIpc) is 2.49. The Bertz CT molecular complexity index is 204. The van der Waals surface area contributed by atoms with Crippen LogP contribution in [0.5, 0.6) is 0 Å². The second-order valence-electron chi connectivity index (χ2n) is 5.38. The first-order valence-electron chi connectivity index (χ1n) is 8.63. The molecule has 0 rings (SSSR count). The van der Waals surface area contributed by atoms with Gasteiger partial charge < -0.3 is 13.3 Å². The molecule has 0 aliphatic carbocycles. The molecule has 0 heterocycles. The van der Waals surface area contributed by atoms with Crippen LogP contribution >= 0.6 is 0 Å². The van der Waals surface area contributed by atoms with Crippen LogP contribution in [-0.4, -0.2) is 28.1 Å². The molecule has 0 aliphatic heterocycles. The normalized spacial score (nSPS) is 13.7. The zero-order valence-corrected chi connectivity index (χ0v) is 15.4. The maximum atomic E-state index is 6.38. The topological polar surface area (TPSA) is 27.7 Å². The van der Waals surface area contributed by atoms with Gasteiger partial charge in [-0.2, -0.15) is 0 Å². The fraction of sp³-hybridized carbons (Fsp3) is 1.00. The first-order chi connectivity index (χ1) is 9.67. The van der Waals surface area contributed by atoms with Crippen LogP contribution in [0.2, 0.25) is 6.04 Å². The molecule has 0 spiro atoms. The zero-order chi connectivity index (χ0) is 15.3. The third kappa shape index (κ3) is 8.40. The highest BCUT2D eigenvalue weighted by Crippen LogP contribution is 2.22. The van der Waals surface area contributed by atoms with Gasteiger partial charge >= 0.3 is 8.80 Å². The number of hydrogen-bond donors (Lipinski definition) is 0. The highest BCUT2D eigenvalue weighted by atomic mass is 28.4. The SMILES string of the molecule is CCCCCC(CC)O[Si](CC)(OCCC)OCCC. The Morgan fingerprint density at radius 1 is 0.800 bits per heavy atom. The maximum Gasteiger partial charge on any atom is 0.500 e.